The number of alkyl halides is 3. The molecule has 0 N–H and O–H groups in total. The third kappa shape index (κ3) is 5.99. The lowest BCUT2D eigenvalue weighted by molar-refractivity contribution is -0.185. The van der Waals surface area contributed by atoms with Gasteiger partial charge in [0, 0.05) is 11.9 Å². The van der Waals surface area contributed by atoms with Crippen molar-refractivity contribution in [1.82, 2.24) is 4.90 Å². The molecule has 1 aliphatic carbocycles. The lowest BCUT2D eigenvalue weighted by Gasteiger charge is -2.31. The Balaban J connectivity index is 1.35. The SMILES string of the molecule is CCOC(=O)C1CCN(Cc2ccc3c(O[C@H]4CC[C@@H](C(F)(F)F)CC4)cccc3c2)CC1. The molecule has 2 fully saturated rings. The number of hydrogen-bond donors (Lipinski definition) is 0. The van der Waals surface area contributed by atoms with Crippen LogP contribution in [0, 0.1) is 11.8 Å². The third-order valence-electron chi connectivity index (χ3n) is 6.95. The highest BCUT2D eigenvalue weighted by atomic mass is 19.4. The Morgan fingerprint density at radius 1 is 1.03 bits per heavy atom. The van der Waals surface area contributed by atoms with Gasteiger partial charge in [-0.05, 0) is 81.6 Å². The smallest absolute Gasteiger partial charge is 0.391 e. The fraction of sp³-hybridized carbons (Fsp3) is 0.577. The number of halogens is 3. The van der Waals surface area contributed by atoms with E-state index in [-0.39, 0.29) is 30.8 Å². The summed E-state index contributed by atoms with van der Waals surface area (Å²) in [5.41, 5.74) is 1.19. The minimum absolute atomic E-state index is 0.00343. The van der Waals surface area contributed by atoms with Crippen LogP contribution < -0.4 is 4.74 Å². The third-order valence-corrected chi connectivity index (χ3v) is 6.95. The zero-order chi connectivity index (χ0) is 23.4. The molecule has 2 aromatic carbocycles. The summed E-state index contributed by atoms with van der Waals surface area (Å²) in [7, 11) is 0. The monoisotopic (exact) mass is 463 g/mol. The van der Waals surface area contributed by atoms with Crippen LogP contribution in [0.5, 0.6) is 5.75 Å². The second-order valence-corrected chi connectivity index (χ2v) is 9.25. The fourth-order valence-corrected chi connectivity index (χ4v) is 5.04. The molecule has 1 aliphatic heterocycles. The Morgan fingerprint density at radius 2 is 1.76 bits per heavy atom. The van der Waals surface area contributed by atoms with Crippen molar-refractivity contribution < 1.29 is 27.4 Å². The van der Waals surface area contributed by atoms with Gasteiger partial charge in [0.15, 0.2) is 0 Å². The lowest BCUT2D eigenvalue weighted by atomic mass is 9.87. The molecule has 1 heterocycles. The molecule has 0 amide bonds. The van der Waals surface area contributed by atoms with Crippen molar-refractivity contribution in [3.63, 3.8) is 0 Å². The number of esters is 1. The molecule has 33 heavy (non-hydrogen) atoms. The first-order valence-electron chi connectivity index (χ1n) is 12.0. The molecule has 2 aromatic rings. The molecule has 2 aliphatic rings. The van der Waals surface area contributed by atoms with Crippen molar-refractivity contribution in [3.8, 4) is 5.75 Å². The summed E-state index contributed by atoms with van der Waals surface area (Å²) < 4.78 is 50.1. The number of piperidine rings is 1. The van der Waals surface area contributed by atoms with Gasteiger partial charge >= 0.3 is 12.1 Å². The Morgan fingerprint density at radius 3 is 2.42 bits per heavy atom. The van der Waals surface area contributed by atoms with E-state index in [0.717, 1.165) is 49.0 Å². The number of hydrogen-bond acceptors (Lipinski definition) is 4. The molecule has 0 bridgehead atoms. The van der Waals surface area contributed by atoms with Crippen LogP contribution in [-0.4, -0.2) is 42.8 Å². The van der Waals surface area contributed by atoms with E-state index in [1.54, 1.807) is 0 Å². The van der Waals surface area contributed by atoms with Crippen LogP contribution in [0.2, 0.25) is 0 Å². The summed E-state index contributed by atoms with van der Waals surface area (Å²) in [5.74, 6) is -0.537. The van der Waals surface area contributed by atoms with Gasteiger partial charge in [-0.15, -0.1) is 0 Å². The summed E-state index contributed by atoms with van der Waals surface area (Å²) in [6, 6.07) is 12.2. The van der Waals surface area contributed by atoms with Gasteiger partial charge in [-0.1, -0.05) is 24.3 Å². The van der Waals surface area contributed by atoms with Gasteiger partial charge in [-0.3, -0.25) is 9.69 Å². The topological polar surface area (TPSA) is 38.8 Å². The maximum atomic E-state index is 12.9. The predicted octanol–water partition coefficient (Wildman–Crippen LogP) is 6.11. The second-order valence-electron chi connectivity index (χ2n) is 9.25. The molecule has 0 atom stereocenters. The molecule has 180 valence electrons. The molecule has 0 radical (unpaired) electrons. The van der Waals surface area contributed by atoms with E-state index in [9.17, 15) is 18.0 Å². The average Bonchev–Trinajstić information content (AvgIpc) is 2.79. The zero-order valence-corrected chi connectivity index (χ0v) is 19.1. The summed E-state index contributed by atoms with van der Waals surface area (Å²) in [5, 5.41) is 2.05. The Labute approximate surface area is 193 Å². The highest BCUT2D eigenvalue weighted by molar-refractivity contribution is 5.88. The van der Waals surface area contributed by atoms with E-state index in [2.05, 4.69) is 17.0 Å². The fourth-order valence-electron chi connectivity index (χ4n) is 5.04. The van der Waals surface area contributed by atoms with Crippen molar-refractivity contribution in [2.24, 2.45) is 11.8 Å². The average molecular weight is 464 g/mol. The van der Waals surface area contributed by atoms with Gasteiger partial charge in [0.2, 0.25) is 0 Å². The van der Waals surface area contributed by atoms with Gasteiger partial charge in [-0.25, -0.2) is 0 Å². The van der Waals surface area contributed by atoms with Crippen LogP contribution in [0.3, 0.4) is 0 Å². The van der Waals surface area contributed by atoms with Crippen molar-refractivity contribution >= 4 is 16.7 Å². The maximum absolute atomic E-state index is 12.9. The van der Waals surface area contributed by atoms with Gasteiger partial charge < -0.3 is 9.47 Å². The van der Waals surface area contributed by atoms with Crippen molar-refractivity contribution in [1.29, 1.82) is 0 Å². The van der Waals surface area contributed by atoms with Crippen LogP contribution in [0.4, 0.5) is 13.2 Å². The number of rotatable bonds is 6. The zero-order valence-electron chi connectivity index (χ0n) is 19.1. The van der Waals surface area contributed by atoms with E-state index < -0.39 is 12.1 Å². The van der Waals surface area contributed by atoms with Crippen molar-refractivity contribution in [2.75, 3.05) is 19.7 Å². The summed E-state index contributed by atoms with van der Waals surface area (Å²) >= 11 is 0. The van der Waals surface area contributed by atoms with E-state index in [1.165, 1.54) is 5.56 Å². The highest BCUT2D eigenvalue weighted by Crippen LogP contribution is 2.39. The molecule has 0 unspecified atom stereocenters. The summed E-state index contributed by atoms with van der Waals surface area (Å²) in [4.78, 5) is 14.3. The molecule has 4 rings (SSSR count). The molecular formula is C26H32F3NO3. The molecule has 1 saturated heterocycles. The van der Waals surface area contributed by atoms with E-state index in [4.69, 9.17) is 9.47 Å². The number of ether oxygens (including phenoxy) is 2. The standard InChI is InChI=1S/C26H32F3NO3/c1-2-32-25(31)19-12-14-30(15-13-19)17-18-6-11-23-20(16-18)4-3-5-24(23)33-22-9-7-21(8-10-22)26(27,28)29/h3-6,11,16,19,21-22H,2,7-10,12-15,17H2,1H3/t21-,22+. The predicted molar refractivity (Wildman–Crippen MR) is 121 cm³/mol. The number of nitrogens with zero attached hydrogens (tertiary/aromatic N) is 1. The van der Waals surface area contributed by atoms with Crippen LogP contribution in [-0.2, 0) is 16.1 Å². The number of carbonyl (C=O) groups is 1. The van der Waals surface area contributed by atoms with E-state index in [1.807, 2.05) is 31.2 Å². The molecular weight excluding hydrogens is 431 g/mol. The highest BCUT2D eigenvalue weighted by Gasteiger charge is 2.41. The number of benzene rings is 2. The van der Waals surface area contributed by atoms with Gasteiger partial charge in [0.05, 0.1) is 24.5 Å². The van der Waals surface area contributed by atoms with Crippen LogP contribution >= 0.6 is 0 Å². The Hall–Kier alpha value is -2.28. The summed E-state index contributed by atoms with van der Waals surface area (Å²) in [6.07, 6.45) is -1.50. The van der Waals surface area contributed by atoms with E-state index in [0.29, 0.717) is 19.4 Å². The normalized spacial score (nSPS) is 22.9. The molecule has 0 spiro atoms. The summed E-state index contributed by atoms with van der Waals surface area (Å²) in [6.45, 7) is 4.81. The minimum atomic E-state index is -4.10. The van der Waals surface area contributed by atoms with Crippen LogP contribution in [0.25, 0.3) is 10.8 Å². The Kier molecular flexibility index (Phi) is 7.47. The quantitative estimate of drug-likeness (QED) is 0.484. The number of likely N-dealkylation sites (tertiary alicyclic amines) is 1. The molecule has 4 nitrogen and oxygen atoms in total. The molecule has 0 aromatic heterocycles. The second kappa shape index (κ2) is 10.3. The van der Waals surface area contributed by atoms with Crippen molar-refractivity contribution in [3.05, 3.63) is 42.0 Å². The first-order valence-corrected chi connectivity index (χ1v) is 12.0. The first-order chi connectivity index (χ1) is 15.8. The minimum Gasteiger partial charge on any atom is -0.490 e. The lowest BCUT2D eigenvalue weighted by Crippen LogP contribution is -2.36. The van der Waals surface area contributed by atoms with Gasteiger partial charge in [0.1, 0.15) is 5.75 Å². The van der Waals surface area contributed by atoms with Gasteiger partial charge in [-0.2, -0.15) is 13.2 Å². The first kappa shape index (κ1) is 23.9. The molecule has 7 heteroatoms. The maximum Gasteiger partial charge on any atom is 0.391 e. The molecule has 1 saturated carbocycles. The van der Waals surface area contributed by atoms with Crippen LogP contribution in [0.15, 0.2) is 36.4 Å². The van der Waals surface area contributed by atoms with Crippen LogP contribution in [0.1, 0.15) is 51.0 Å². The number of fused-ring (bicyclic) bond motifs is 1. The van der Waals surface area contributed by atoms with E-state index >= 15 is 0 Å². The largest absolute Gasteiger partial charge is 0.490 e. The Bertz CT molecular complexity index is 945. The van der Waals surface area contributed by atoms with Crippen molar-refractivity contribution in [2.45, 2.75) is 64.3 Å². The number of carbonyl (C=O) groups excluding carboxylic acids is 1. The van der Waals surface area contributed by atoms with Gasteiger partial charge in [0.25, 0.3) is 0 Å².